The maximum Gasteiger partial charge on any atom is 0.160 e. The standard InChI is InChI=1S/C57H40N2/c1-57(2)51-26-14-13-24-50(51)55-49(25-15-27-52(55)57)47-33-32-45(41-20-9-10-21-42(41)47)46-34-35-48(44-23-12-11-22-43(44)46)54-36-53(58-56(59-54)40-18-7-4-8-19-40)39-30-28-38(29-31-39)37-16-5-3-6-17-37/h3-36H,1-2H3. The fraction of sp³-hybridized carbons (Fsp3) is 0.0526. The van der Waals surface area contributed by atoms with Crippen LogP contribution in [-0.4, -0.2) is 9.97 Å². The second kappa shape index (κ2) is 13.9. The van der Waals surface area contributed by atoms with Gasteiger partial charge in [0.2, 0.25) is 0 Å². The van der Waals surface area contributed by atoms with Crippen molar-refractivity contribution in [3.05, 3.63) is 217 Å². The molecule has 278 valence electrons. The van der Waals surface area contributed by atoms with Gasteiger partial charge in [-0.25, -0.2) is 9.97 Å². The first-order chi connectivity index (χ1) is 29.0. The Morgan fingerprint density at radius 2 is 0.746 bits per heavy atom. The average Bonchev–Trinajstić information content (AvgIpc) is 3.54. The Hall–Kier alpha value is -7.42. The molecular weight excluding hydrogens is 713 g/mol. The average molecular weight is 753 g/mol. The first-order valence-electron chi connectivity index (χ1n) is 20.4. The molecule has 0 radical (unpaired) electrons. The minimum atomic E-state index is -0.0579. The molecule has 0 unspecified atom stereocenters. The molecule has 2 heteroatoms. The minimum absolute atomic E-state index is 0.0579. The van der Waals surface area contributed by atoms with Gasteiger partial charge in [0.1, 0.15) is 0 Å². The van der Waals surface area contributed by atoms with Crippen molar-refractivity contribution in [3.63, 3.8) is 0 Å². The molecule has 0 saturated carbocycles. The number of fused-ring (bicyclic) bond motifs is 5. The van der Waals surface area contributed by atoms with Crippen LogP contribution in [0.2, 0.25) is 0 Å². The van der Waals surface area contributed by atoms with Crippen molar-refractivity contribution < 1.29 is 0 Å². The molecule has 0 atom stereocenters. The Bertz CT molecular complexity index is 3220. The Morgan fingerprint density at radius 3 is 1.39 bits per heavy atom. The van der Waals surface area contributed by atoms with Crippen molar-refractivity contribution in [2.75, 3.05) is 0 Å². The van der Waals surface area contributed by atoms with E-state index in [1.54, 1.807) is 0 Å². The predicted octanol–water partition coefficient (Wildman–Crippen LogP) is 15.1. The van der Waals surface area contributed by atoms with Gasteiger partial charge in [-0.05, 0) is 83.2 Å². The van der Waals surface area contributed by atoms with Gasteiger partial charge < -0.3 is 0 Å². The molecule has 0 spiro atoms. The van der Waals surface area contributed by atoms with Gasteiger partial charge in [-0.1, -0.05) is 214 Å². The third-order valence-electron chi connectivity index (χ3n) is 12.4. The normalized spacial score (nSPS) is 12.7. The number of hydrogen-bond donors (Lipinski definition) is 0. The number of rotatable bonds is 6. The monoisotopic (exact) mass is 752 g/mol. The number of nitrogens with zero attached hydrogens (tertiary/aromatic N) is 2. The number of aromatic nitrogens is 2. The van der Waals surface area contributed by atoms with Gasteiger partial charge in [0.25, 0.3) is 0 Å². The third-order valence-corrected chi connectivity index (χ3v) is 12.4. The van der Waals surface area contributed by atoms with Crippen LogP contribution < -0.4 is 0 Å². The maximum absolute atomic E-state index is 5.26. The van der Waals surface area contributed by atoms with Crippen LogP contribution in [0.15, 0.2) is 206 Å². The highest BCUT2D eigenvalue weighted by Crippen LogP contribution is 2.53. The highest BCUT2D eigenvalue weighted by molar-refractivity contribution is 6.13. The lowest BCUT2D eigenvalue weighted by Crippen LogP contribution is -2.14. The minimum Gasteiger partial charge on any atom is -0.228 e. The van der Waals surface area contributed by atoms with Crippen molar-refractivity contribution in [1.29, 1.82) is 0 Å². The molecule has 0 bridgehead atoms. The fourth-order valence-corrected chi connectivity index (χ4v) is 9.42. The Labute approximate surface area is 345 Å². The Morgan fingerprint density at radius 1 is 0.305 bits per heavy atom. The molecular formula is C57H40N2. The van der Waals surface area contributed by atoms with E-state index in [1.807, 2.05) is 18.2 Å². The first-order valence-corrected chi connectivity index (χ1v) is 20.4. The topological polar surface area (TPSA) is 25.8 Å². The summed E-state index contributed by atoms with van der Waals surface area (Å²) in [7, 11) is 0. The SMILES string of the molecule is CC1(C)c2ccccc2-c2c(-c3ccc(-c4ccc(-c5cc(-c6ccc(-c7ccccc7)cc6)nc(-c6ccccc6)n5)c5ccccc45)c4ccccc34)cccc21. The van der Waals surface area contributed by atoms with Crippen LogP contribution in [0.3, 0.4) is 0 Å². The van der Waals surface area contributed by atoms with E-state index in [2.05, 4.69) is 202 Å². The molecule has 11 rings (SSSR count). The Kier molecular flexibility index (Phi) is 8.20. The van der Waals surface area contributed by atoms with Gasteiger partial charge >= 0.3 is 0 Å². The molecule has 9 aromatic carbocycles. The molecule has 0 N–H and O–H groups in total. The van der Waals surface area contributed by atoms with Gasteiger partial charge in [-0.15, -0.1) is 0 Å². The van der Waals surface area contributed by atoms with Crippen LogP contribution in [-0.2, 0) is 5.41 Å². The molecule has 0 saturated heterocycles. The van der Waals surface area contributed by atoms with Crippen LogP contribution in [0, 0.1) is 0 Å². The van der Waals surface area contributed by atoms with E-state index in [-0.39, 0.29) is 5.41 Å². The summed E-state index contributed by atoms with van der Waals surface area (Å²) in [5, 5.41) is 4.83. The summed E-state index contributed by atoms with van der Waals surface area (Å²) < 4.78 is 0. The Balaban J connectivity index is 1.06. The largest absolute Gasteiger partial charge is 0.228 e. The number of benzene rings is 9. The fourth-order valence-electron chi connectivity index (χ4n) is 9.42. The molecule has 0 aliphatic heterocycles. The lowest BCUT2D eigenvalue weighted by molar-refractivity contribution is 0.660. The van der Waals surface area contributed by atoms with E-state index in [0.29, 0.717) is 5.82 Å². The van der Waals surface area contributed by atoms with Crippen LogP contribution in [0.4, 0.5) is 0 Å². The van der Waals surface area contributed by atoms with Crippen LogP contribution in [0.1, 0.15) is 25.0 Å². The summed E-state index contributed by atoms with van der Waals surface area (Å²) in [6.45, 7) is 4.71. The van der Waals surface area contributed by atoms with Gasteiger partial charge in [0.15, 0.2) is 5.82 Å². The summed E-state index contributed by atoms with van der Waals surface area (Å²) in [4.78, 5) is 10.4. The lowest BCUT2D eigenvalue weighted by atomic mass is 9.81. The van der Waals surface area contributed by atoms with E-state index >= 15 is 0 Å². The quantitative estimate of drug-likeness (QED) is 0.169. The predicted molar refractivity (Wildman–Crippen MR) is 247 cm³/mol. The third kappa shape index (κ3) is 5.79. The highest BCUT2D eigenvalue weighted by Gasteiger charge is 2.36. The molecule has 10 aromatic rings. The summed E-state index contributed by atoms with van der Waals surface area (Å²) in [6, 6.07) is 74.3. The van der Waals surface area contributed by atoms with Crippen molar-refractivity contribution in [2.24, 2.45) is 0 Å². The summed E-state index contributed by atoms with van der Waals surface area (Å²) in [5.74, 6) is 0.707. The molecule has 0 amide bonds. The molecule has 1 aliphatic carbocycles. The zero-order chi connectivity index (χ0) is 39.5. The second-order valence-electron chi connectivity index (χ2n) is 16.1. The van der Waals surface area contributed by atoms with E-state index in [4.69, 9.17) is 9.97 Å². The molecule has 0 fully saturated rings. The first kappa shape index (κ1) is 34.8. The van der Waals surface area contributed by atoms with Gasteiger partial charge in [0.05, 0.1) is 11.4 Å². The summed E-state index contributed by atoms with van der Waals surface area (Å²) in [6.07, 6.45) is 0. The van der Waals surface area contributed by atoms with E-state index in [0.717, 1.165) is 33.5 Å². The molecule has 59 heavy (non-hydrogen) atoms. The second-order valence-corrected chi connectivity index (χ2v) is 16.1. The van der Waals surface area contributed by atoms with Crippen molar-refractivity contribution >= 4 is 21.5 Å². The van der Waals surface area contributed by atoms with E-state index in [1.165, 1.54) is 71.8 Å². The van der Waals surface area contributed by atoms with Crippen LogP contribution in [0.5, 0.6) is 0 Å². The van der Waals surface area contributed by atoms with Crippen LogP contribution >= 0.6 is 0 Å². The molecule has 1 aromatic heterocycles. The molecule has 1 aliphatic rings. The van der Waals surface area contributed by atoms with Gasteiger partial charge in [-0.3, -0.25) is 0 Å². The van der Waals surface area contributed by atoms with Crippen molar-refractivity contribution in [3.8, 4) is 78.4 Å². The number of hydrogen-bond acceptors (Lipinski definition) is 2. The lowest BCUT2D eigenvalue weighted by Gasteiger charge is -2.22. The molecule has 2 nitrogen and oxygen atoms in total. The smallest absolute Gasteiger partial charge is 0.160 e. The zero-order valence-corrected chi connectivity index (χ0v) is 33.0. The highest BCUT2D eigenvalue weighted by atomic mass is 14.9. The van der Waals surface area contributed by atoms with Gasteiger partial charge in [0, 0.05) is 22.1 Å². The molecule has 1 heterocycles. The zero-order valence-electron chi connectivity index (χ0n) is 33.0. The van der Waals surface area contributed by atoms with Crippen molar-refractivity contribution in [1.82, 2.24) is 9.97 Å². The van der Waals surface area contributed by atoms with Crippen molar-refractivity contribution in [2.45, 2.75) is 19.3 Å². The summed E-state index contributed by atoms with van der Waals surface area (Å²) >= 11 is 0. The maximum atomic E-state index is 5.26. The van der Waals surface area contributed by atoms with E-state index in [9.17, 15) is 0 Å². The van der Waals surface area contributed by atoms with Crippen LogP contribution in [0.25, 0.3) is 100.0 Å². The van der Waals surface area contributed by atoms with Gasteiger partial charge in [-0.2, -0.15) is 0 Å². The van der Waals surface area contributed by atoms with E-state index < -0.39 is 0 Å². The summed E-state index contributed by atoms with van der Waals surface area (Å²) in [5.41, 5.74) is 17.6.